The quantitative estimate of drug-likeness (QED) is 0.470. The number of allylic oxidation sites excluding steroid dienone is 2. The second kappa shape index (κ2) is 7.66. The van der Waals surface area contributed by atoms with Crippen molar-refractivity contribution >= 4 is 11.4 Å². The predicted molar refractivity (Wildman–Crippen MR) is 106 cm³/mol. The molecule has 166 valence electrons. The first-order valence-electron chi connectivity index (χ1n) is 9.65. The normalized spacial score (nSPS) is 17.4. The molecule has 1 aromatic carbocycles. The van der Waals surface area contributed by atoms with Crippen LogP contribution in [-0.2, 0) is 6.54 Å². The lowest BCUT2D eigenvalue weighted by atomic mass is 10.1. The molecule has 2 atom stereocenters. The molecule has 1 aliphatic heterocycles. The lowest BCUT2D eigenvalue weighted by Gasteiger charge is -2.13. The summed E-state index contributed by atoms with van der Waals surface area (Å²) in [4.78, 5) is 38.1. The first-order valence-corrected chi connectivity index (χ1v) is 9.65. The van der Waals surface area contributed by atoms with Crippen LogP contribution in [0.4, 0.5) is 13.2 Å². The molecule has 0 saturated carbocycles. The third-order valence-electron chi connectivity index (χ3n) is 5.39. The van der Waals surface area contributed by atoms with Crippen molar-refractivity contribution in [2.45, 2.75) is 32.5 Å². The predicted octanol–water partition coefficient (Wildman–Crippen LogP) is 1.49. The van der Waals surface area contributed by atoms with E-state index in [4.69, 9.17) is 0 Å². The highest BCUT2D eigenvalue weighted by Gasteiger charge is 2.28. The summed E-state index contributed by atoms with van der Waals surface area (Å²) in [6, 6.07) is 0.301. The number of nitrogens with zero attached hydrogens (tertiary/aromatic N) is 3. The van der Waals surface area contributed by atoms with Crippen molar-refractivity contribution in [3.05, 3.63) is 86.0 Å². The van der Waals surface area contributed by atoms with Crippen LogP contribution in [0.25, 0.3) is 5.52 Å². The third kappa shape index (κ3) is 3.35. The Balaban J connectivity index is 1.80. The van der Waals surface area contributed by atoms with Gasteiger partial charge in [0, 0.05) is 24.2 Å². The van der Waals surface area contributed by atoms with E-state index in [9.17, 15) is 32.7 Å². The number of amides is 1. The van der Waals surface area contributed by atoms with Crippen LogP contribution in [0.15, 0.2) is 46.4 Å². The average Bonchev–Trinajstić information content (AvgIpc) is 2.85. The molecule has 3 heterocycles. The third-order valence-corrected chi connectivity index (χ3v) is 5.39. The Bertz CT molecular complexity index is 1400. The first-order chi connectivity index (χ1) is 15.1. The summed E-state index contributed by atoms with van der Waals surface area (Å²) < 4.78 is 44.8. The Hall–Kier alpha value is -3.89. The fourth-order valence-corrected chi connectivity index (χ4v) is 3.59. The number of nitrogens with one attached hydrogen (secondary N) is 1. The highest BCUT2D eigenvalue weighted by atomic mass is 19.1. The molecule has 0 radical (unpaired) electrons. The van der Waals surface area contributed by atoms with Gasteiger partial charge in [-0.15, -0.1) is 0 Å². The van der Waals surface area contributed by atoms with Crippen LogP contribution in [0.3, 0.4) is 0 Å². The first kappa shape index (κ1) is 21.3. The summed E-state index contributed by atoms with van der Waals surface area (Å²) in [6.07, 6.45) is 6.19. The van der Waals surface area contributed by atoms with E-state index in [1.54, 1.807) is 24.6 Å². The van der Waals surface area contributed by atoms with Gasteiger partial charge in [-0.2, -0.15) is 13.8 Å². The number of hydrogen-bond acceptors (Lipinski definition) is 4. The summed E-state index contributed by atoms with van der Waals surface area (Å²) >= 11 is 0. The summed E-state index contributed by atoms with van der Waals surface area (Å²) in [5, 5.41) is 12.7. The van der Waals surface area contributed by atoms with E-state index in [0.29, 0.717) is 12.1 Å². The van der Waals surface area contributed by atoms with E-state index in [0.717, 1.165) is 6.20 Å². The molecular formula is C21H18F3N4O4+. The van der Waals surface area contributed by atoms with Crippen LogP contribution in [0.1, 0.15) is 41.9 Å². The maximum absolute atomic E-state index is 13.8. The van der Waals surface area contributed by atoms with Gasteiger partial charge >= 0.3 is 5.56 Å². The van der Waals surface area contributed by atoms with Gasteiger partial charge in [0.15, 0.2) is 0 Å². The molecule has 1 aliphatic rings. The zero-order valence-electron chi connectivity index (χ0n) is 17.0. The number of halogens is 3. The van der Waals surface area contributed by atoms with Gasteiger partial charge in [-0.3, -0.25) is 9.59 Å². The molecule has 2 bridgehead atoms. The minimum Gasteiger partial charge on any atom is -0.502 e. The molecule has 0 unspecified atom stereocenters. The molecule has 11 heteroatoms. The summed E-state index contributed by atoms with van der Waals surface area (Å²) in [7, 11) is 0. The average molecular weight is 447 g/mol. The number of aromatic nitrogens is 3. The molecule has 0 fully saturated rings. The zero-order chi connectivity index (χ0) is 23.3. The molecule has 4 rings (SSSR count). The number of fused-ring (bicyclic) bond motifs is 4. The Morgan fingerprint density at radius 2 is 1.81 bits per heavy atom. The van der Waals surface area contributed by atoms with Crippen molar-refractivity contribution in [1.82, 2.24) is 14.4 Å². The van der Waals surface area contributed by atoms with E-state index in [2.05, 4.69) is 5.32 Å². The molecule has 0 spiro atoms. The fourth-order valence-electron chi connectivity index (χ4n) is 3.59. The Morgan fingerprint density at radius 3 is 2.47 bits per heavy atom. The number of hydrogen-bond donors (Lipinski definition) is 2. The molecule has 2 N–H and O–H groups in total. The van der Waals surface area contributed by atoms with Crippen molar-refractivity contribution < 1.29 is 27.8 Å². The van der Waals surface area contributed by atoms with Crippen LogP contribution >= 0.6 is 0 Å². The van der Waals surface area contributed by atoms with E-state index in [1.807, 2.05) is 6.08 Å². The minimum atomic E-state index is -1.20. The smallest absolute Gasteiger partial charge is 0.365 e. The van der Waals surface area contributed by atoms with Crippen molar-refractivity contribution in [3.63, 3.8) is 0 Å². The van der Waals surface area contributed by atoms with Gasteiger partial charge in [-0.1, -0.05) is 0 Å². The minimum absolute atomic E-state index is 0.297. The summed E-state index contributed by atoms with van der Waals surface area (Å²) in [5.74, 6) is -5.48. The lowest BCUT2D eigenvalue weighted by Crippen LogP contribution is -2.49. The number of benzene rings is 1. The van der Waals surface area contributed by atoms with E-state index in [1.165, 1.54) is 15.4 Å². The van der Waals surface area contributed by atoms with Gasteiger partial charge in [0.2, 0.25) is 16.7 Å². The summed E-state index contributed by atoms with van der Waals surface area (Å²) in [5.41, 5.74) is -3.20. The van der Waals surface area contributed by atoms with E-state index < -0.39 is 57.8 Å². The van der Waals surface area contributed by atoms with E-state index >= 15 is 0 Å². The van der Waals surface area contributed by atoms with Gasteiger partial charge in [-0.25, -0.2) is 18.0 Å². The van der Waals surface area contributed by atoms with Gasteiger partial charge in [-0.05, 0) is 26.0 Å². The molecule has 8 nitrogen and oxygen atoms in total. The van der Waals surface area contributed by atoms with Gasteiger partial charge in [0.1, 0.15) is 35.1 Å². The SMILES string of the molecule is C[C@@H]1C=C[C@H](C)n2c[n+]1n1cc(C(=O)NCc3c(F)cc(F)cc3F)c(=O)c(O)c1c2=O. The number of pyridine rings is 1. The Labute approximate surface area is 178 Å². The number of carbonyl (C=O) groups is 1. The molecule has 3 aromatic rings. The highest BCUT2D eigenvalue weighted by molar-refractivity contribution is 5.94. The summed E-state index contributed by atoms with van der Waals surface area (Å²) in [6.45, 7) is 2.90. The van der Waals surface area contributed by atoms with Crippen LogP contribution in [0, 0.1) is 17.5 Å². The molecule has 32 heavy (non-hydrogen) atoms. The molecule has 0 saturated heterocycles. The van der Waals surface area contributed by atoms with Crippen molar-refractivity contribution in [1.29, 1.82) is 0 Å². The van der Waals surface area contributed by atoms with Gasteiger partial charge in [0.05, 0.1) is 6.20 Å². The topological polar surface area (TPSA) is 96.7 Å². The molecule has 1 amide bonds. The Kier molecular flexibility index (Phi) is 5.11. The monoisotopic (exact) mass is 447 g/mol. The second-order valence-corrected chi connectivity index (χ2v) is 7.52. The number of carbonyl (C=O) groups excluding carboxylic acids is 1. The van der Waals surface area contributed by atoms with Crippen LogP contribution in [0.2, 0.25) is 0 Å². The largest absolute Gasteiger partial charge is 0.502 e. The van der Waals surface area contributed by atoms with Gasteiger partial charge < -0.3 is 10.4 Å². The lowest BCUT2D eigenvalue weighted by molar-refractivity contribution is -0.778. The van der Waals surface area contributed by atoms with Gasteiger partial charge in [0.25, 0.3) is 12.2 Å². The Morgan fingerprint density at radius 1 is 1.16 bits per heavy atom. The second-order valence-electron chi connectivity index (χ2n) is 7.52. The molecule has 2 aromatic heterocycles. The highest BCUT2D eigenvalue weighted by Crippen LogP contribution is 2.17. The molecular weight excluding hydrogens is 429 g/mol. The van der Waals surface area contributed by atoms with Crippen molar-refractivity contribution in [2.24, 2.45) is 0 Å². The van der Waals surface area contributed by atoms with Crippen LogP contribution in [-0.4, -0.2) is 20.1 Å². The van der Waals surface area contributed by atoms with Crippen LogP contribution in [0.5, 0.6) is 5.75 Å². The van der Waals surface area contributed by atoms with Crippen molar-refractivity contribution in [3.8, 4) is 5.75 Å². The number of rotatable bonds is 3. The van der Waals surface area contributed by atoms with Crippen LogP contribution < -0.4 is 21.0 Å². The van der Waals surface area contributed by atoms with E-state index in [-0.39, 0.29) is 17.6 Å². The maximum atomic E-state index is 13.8. The number of aromatic hydroxyl groups is 1. The standard InChI is InChI=1S/C21H17F3N4O4/c1-10-3-4-11(2)28-9-26(10)21(32)17-19(30)18(29)14(8-27(17)28)20(31)25-7-13-15(23)5-12(22)6-16(13)24/h3-6,8-11H,7H2,1-2H3,(H-,25,30,31,32)/p+1/t10-,11+/m0/s1. The zero-order valence-corrected chi connectivity index (χ0v) is 17.0. The fraction of sp³-hybridized carbons (Fsp3) is 0.238. The molecule has 0 aliphatic carbocycles. The maximum Gasteiger partial charge on any atom is 0.365 e. The van der Waals surface area contributed by atoms with Crippen molar-refractivity contribution in [2.75, 3.05) is 0 Å².